The number of aryl methyl sites for hydroxylation is 4. The van der Waals surface area contributed by atoms with Crippen LogP contribution in [0.1, 0.15) is 50.7 Å². The van der Waals surface area contributed by atoms with Crippen molar-refractivity contribution >= 4 is 34.4 Å². The maximum Gasteiger partial charge on any atom is 0.333 e. The number of fused-ring (bicyclic) bond motifs is 1. The lowest BCUT2D eigenvalue weighted by atomic mass is 10.1. The summed E-state index contributed by atoms with van der Waals surface area (Å²) < 4.78 is 4.27. The average molecular weight is 460 g/mol. The lowest BCUT2D eigenvalue weighted by molar-refractivity contribution is -0.116. The van der Waals surface area contributed by atoms with Crippen molar-refractivity contribution in [3.8, 4) is 0 Å². The number of anilines is 1. The Bertz CT molecular complexity index is 1230. The number of imidazole rings is 1. The second-order valence-corrected chi connectivity index (χ2v) is 8.54. The van der Waals surface area contributed by atoms with Gasteiger partial charge in [-0.15, -0.1) is 0 Å². The van der Waals surface area contributed by atoms with Gasteiger partial charge in [-0.2, -0.15) is 0 Å². The summed E-state index contributed by atoms with van der Waals surface area (Å²) in [5, 5.41) is 3.17. The number of rotatable bonds is 9. The van der Waals surface area contributed by atoms with Crippen molar-refractivity contribution in [2.24, 2.45) is 0 Å². The van der Waals surface area contributed by atoms with Gasteiger partial charge >= 0.3 is 5.69 Å². The molecule has 0 fully saturated rings. The van der Waals surface area contributed by atoms with Crippen molar-refractivity contribution < 1.29 is 4.79 Å². The summed E-state index contributed by atoms with van der Waals surface area (Å²) in [6, 6.07) is 3.66. The van der Waals surface area contributed by atoms with Gasteiger partial charge in [0.25, 0.3) is 5.56 Å². The van der Waals surface area contributed by atoms with Gasteiger partial charge in [0.2, 0.25) is 5.91 Å². The molecule has 1 N–H and O–H groups in total. The third-order valence-electron chi connectivity index (χ3n) is 5.47. The van der Waals surface area contributed by atoms with Crippen LogP contribution in [0.4, 0.5) is 5.69 Å². The Morgan fingerprint density at radius 1 is 1.06 bits per heavy atom. The Labute approximate surface area is 191 Å². The molecule has 2 aromatic heterocycles. The summed E-state index contributed by atoms with van der Waals surface area (Å²) >= 11 is 6.30. The minimum absolute atomic E-state index is 0.353. The highest BCUT2D eigenvalue weighted by Gasteiger charge is 2.20. The van der Waals surface area contributed by atoms with E-state index in [-0.39, 0.29) is 0 Å². The van der Waals surface area contributed by atoms with Crippen molar-refractivity contribution in [1.29, 1.82) is 0 Å². The zero-order chi connectivity index (χ0) is 23.4. The molecular formula is C23H30ClN5O3. The number of carbonyl (C=O) groups excluding carboxylic acids is 1. The number of nitrogens with one attached hydrogen (secondary N) is 1. The third-order valence-corrected chi connectivity index (χ3v) is 5.77. The van der Waals surface area contributed by atoms with Crippen molar-refractivity contribution in [1.82, 2.24) is 18.7 Å². The van der Waals surface area contributed by atoms with Crippen LogP contribution in [0.3, 0.4) is 0 Å². The third kappa shape index (κ3) is 4.80. The minimum Gasteiger partial charge on any atom is -0.325 e. The summed E-state index contributed by atoms with van der Waals surface area (Å²) in [6.45, 7) is 8.51. The van der Waals surface area contributed by atoms with Crippen molar-refractivity contribution in [3.05, 3.63) is 55.4 Å². The van der Waals surface area contributed by atoms with Crippen LogP contribution in [0, 0.1) is 13.8 Å². The fourth-order valence-electron chi connectivity index (χ4n) is 3.79. The molecule has 0 saturated heterocycles. The first-order valence-corrected chi connectivity index (χ1v) is 11.4. The van der Waals surface area contributed by atoms with Crippen LogP contribution in [0.5, 0.6) is 0 Å². The monoisotopic (exact) mass is 459 g/mol. The topological polar surface area (TPSA) is 90.9 Å². The van der Waals surface area contributed by atoms with Gasteiger partial charge in [0.15, 0.2) is 11.2 Å². The Kier molecular flexibility index (Phi) is 7.56. The fourth-order valence-corrected chi connectivity index (χ4v) is 4.16. The molecule has 0 spiro atoms. The number of amides is 1. The Morgan fingerprint density at radius 3 is 2.41 bits per heavy atom. The second-order valence-electron chi connectivity index (χ2n) is 8.13. The fraction of sp³-hybridized carbons (Fsp3) is 0.478. The highest BCUT2D eigenvalue weighted by molar-refractivity contribution is 6.34. The number of hydrogen-bond donors (Lipinski definition) is 1. The number of hydrogen-bond acceptors (Lipinski definition) is 4. The average Bonchev–Trinajstić information content (AvgIpc) is 3.16. The molecule has 9 heteroatoms. The quantitative estimate of drug-likeness (QED) is 0.525. The first kappa shape index (κ1) is 23.8. The Hall–Kier alpha value is -2.87. The number of benzene rings is 1. The molecule has 0 aliphatic heterocycles. The van der Waals surface area contributed by atoms with E-state index >= 15 is 0 Å². The summed E-state index contributed by atoms with van der Waals surface area (Å²) in [4.78, 5) is 43.6. The van der Waals surface area contributed by atoms with Gasteiger partial charge in [0.1, 0.15) is 6.54 Å². The number of halogens is 1. The molecule has 0 bridgehead atoms. The van der Waals surface area contributed by atoms with E-state index in [2.05, 4.69) is 17.2 Å². The normalized spacial score (nSPS) is 11.3. The van der Waals surface area contributed by atoms with Gasteiger partial charge in [0, 0.05) is 13.1 Å². The van der Waals surface area contributed by atoms with Crippen LogP contribution < -0.4 is 16.6 Å². The van der Waals surface area contributed by atoms with Crippen LogP contribution in [-0.2, 0) is 24.4 Å². The van der Waals surface area contributed by atoms with Crippen LogP contribution in [0.2, 0.25) is 5.02 Å². The van der Waals surface area contributed by atoms with E-state index in [0.29, 0.717) is 35.0 Å². The Balaban J connectivity index is 2.04. The summed E-state index contributed by atoms with van der Waals surface area (Å²) in [6.07, 6.45) is 5.09. The highest BCUT2D eigenvalue weighted by atomic mass is 35.5. The molecule has 0 radical (unpaired) electrons. The van der Waals surface area contributed by atoms with Crippen LogP contribution in [-0.4, -0.2) is 24.6 Å². The molecule has 2 heterocycles. The van der Waals surface area contributed by atoms with E-state index in [4.69, 9.17) is 11.6 Å². The lowest BCUT2D eigenvalue weighted by Crippen LogP contribution is -2.43. The maximum atomic E-state index is 13.3. The zero-order valence-corrected chi connectivity index (χ0v) is 19.8. The van der Waals surface area contributed by atoms with Crippen LogP contribution in [0.25, 0.3) is 11.2 Å². The highest BCUT2D eigenvalue weighted by Crippen LogP contribution is 2.27. The molecule has 0 saturated carbocycles. The predicted octanol–water partition coefficient (Wildman–Crippen LogP) is 3.87. The molecular weight excluding hydrogens is 430 g/mol. The number of nitrogens with zero attached hydrogens (tertiary/aromatic N) is 4. The zero-order valence-electron chi connectivity index (χ0n) is 19.1. The maximum absolute atomic E-state index is 13.3. The SMILES string of the molecule is CCCCn1cnc2c1c(=O)n(CC(=O)Nc1c(C)cc(C)cc1Cl)c(=O)n2CCCC. The minimum atomic E-state index is -0.529. The first-order valence-electron chi connectivity index (χ1n) is 11.0. The van der Waals surface area contributed by atoms with Crippen molar-refractivity contribution in [3.63, 3.8) is 0 Å². The standard InChI is InChI=1S/C23H30ClN5O3/c1-5-7-9-27-14-25-21-20(27)22(31)29(23(32)28(21)10-8-6-2)13-18(30)26-19-16(4)11-15(3)12-17(19)24/h11-12,14H,5-10,13H2,1-4H3,(H,26,30). The van der Waals surface area contributed by atoms with Crippen LogP contribution >= 0.6 is 11.6 Å². The van der Waals surface area contributed by atoms with Crippen molar-refractivity contribution in [2.75, 3.05) is 5.32 Å². The van der Waals surface area contributed by atoms with E-state index in [9.17, 15) is 14.4 Å². The predicted molar refractivity (Wildman–Crippen MR) is 128 cm³/mol. The molecule has 172 valence electrons. The summed E-state index contributed by atoms with van der Waals surface area (Å²) in [5.41, 5.74) is 1.96. The van der Waals surface area contributed by atoms with E-state index in [1.54, 1.807) is 17.0 Å². The molecule has 0 aliphatic carbocycles. The van der Waals surface area contributed by atoms with Crippen molar-refractivity contribution in [2.45, 2.75) is 73.0 Å². The van der Waals surface area contributed by atoms with Gasteiger partial charge in [-0.3, -0.25) is 14.2 Å². The number of unbranched alkanes of at least 4 members (excludes halogenated alkanes) is 2. The van der Waals surface area contributed by atoms with E-state index in [1.807, 2.05) is 26.8 Å². The molecule has 1 amide bonds. The van der Waals surface area contributed by atoms with Gasteiger partial charge in [-0.25, -0.2) is 14.3 Å². The molecule has 0 aliphatic rings. The van der Waals surface area contributed by atoms with E-state index in [0.717, 1.165) is 41.4 Å². The van der Waals surface area contributed by atoms with Crippen LogP contribution in [0.15, 0.2) is 28.0 Å². The smallest absolute Gasteiger partial charge is 0.325 e. The molecule has 3 rings (SSSR count). The molecule has 8 nitrogen and oxygen atoms in total. The summed E-state index contributed by atoms with van der Waals surface area (Å²) in [5.74, 6) is -0.487. The molecule has 32 heavy (non-hydrogen) atoms. The lowest BCUT2D eigenvalue weighted by Gasteiger charge is -2.14. The molecule has 1 aromatic carbocycles. The van der Waals surface area contributed by atoms with E-state index in [1.165, 1.54) is 4.57 Å². The number of aromatic nitrogens is 4. The second kappa shape index (κ2) is 10.2. The van der Waals surface area contributed by atoms with E-state index < -0.39 is 23.7 Å². The number of carbonyl (C=O) groups is 1. The van der Waals surface area contributed by atoms with Gasteiger partial charge in [-0.05, 0) is 43.9 Å². The molecule has 0 atom stereocenters. The first-order chi connectivity index (χ1) is 15.3. The molecule has 3 aromatic rings. The largest absolute Gasteiger partial charge is 0.333 e. The van der Waals surface area contributed by atoms with Gasteiger partial charge in [-0.1, -0.05) is 44.4 Å². The van der Waals surface area contributed by atoms with Gasteiger partial charge in [0.05, 0.1) is 17.0 Å². The van der Waals surface area contributed by atoms with Gasteiger partial charge < -0.3 is 9.88 Å². The molecule has 0 unspecified atom stereocenters. The summed E-state index contributed by atoms with van der Waals surface area (Å²) in [7, 11) is 0. The Morgan fingerprint density at radius 2 is 1.75 bits per heavy atom.